The average molecular weight is 562 g/mol. The molecule has 3 aliphatic rings. The van der Waals surface area contributed by atoms with E-state index < -0.39 is 5.41 Å². The Morgan fingerprint density at radius 1 is 1.15 bits per heavy atom. The van der Waals surface area contributed by atoms with Crippen LogP contribution in [0.15, 0.2) is 42.6 Å². The standard InChI is InChI=1S/C30H36ClN7O2/c1-30(2)26-20(5-4-6-24(26)34-28(30)39)16-32-27-22(31)17-33-29(36-27)35-23-10-9-21(15-25(23)40-3)38-13-11-37(12-14-38)18-19-7-8-19/h4-6,9-10,15,17,19H,7-8,11-14,16,18H2,1-3H3,(H,34,39)(H2,32,33,35,36). The molecule has 2 aromatic carbocycles. The molecule has 1 aliphatic carbocycles. The fraction of sp³-hybridized carbons (Fsp3) is 0.433. The van der Waals surface area contributed by atoms with Crippen molar-refractivity contribution in [3.8, 4) is 5.75 Å². The van der Waals surface area contributed by atoms with E-state index >= 15 is 0 Å². The first kappa shape index (κ1) is 26.7. The zero-order valence-electron chi connectivity index (χ0n) is 23.3. The predicted molar refractivity (Wildman–Crippen MR) is 160 cm³/mol. The van der Waals surface area contributed by atoms with E-state index in [-0.39, 0.29) is 5.91 Å². The van der Waals surface area contributed by atoms with Gasteiger partial charge in [-0.3, -0.25) is 9.69 Å². The Bertz CT molecular complexity index is 1420. The lowest BCUT2D eigenvalue weighted by molar-refractivity contribution is -0.119. The van der Waals surface area contributed by atoms with Gasteiger partial charge in [-0.2, -0.15) is 4.98 Å². The summed E-state index contributed by atoms with van der Waals surface area (Å²) in [6.07, 6.45) is 4.37. The maximum Gasteiger partial charge on any atom is 0.234 e. The molecule has 1 saturated heterocycles. The summed E-state index contributed by atoms with van der Waals surface area (Å²) < 4.78 is 5.73. The number of carbonyl (C=O) groups is 1. The van der Waals surface area contributed by atoms with Crippen LogP contribution in [0.5, 0.6) is 5.75 Å². The summed E-state index contributed by atoms with van der Waals surface area (Å²) in [5, 5.41) is 10.0. The highest BCUT2D eigenvalue weighted by atomic mass is 35.5. The average Bonchev–Trinajstić information content (AvgIpc) is 3.74. The normalized spacial score (nSPS) is 18.3. The Labute approximate surface area is 240 Å². The minimum Gasteiger partial charge on any atom is -0.494 e. The molecule has 1 aromatic heterocycles. The zero-order chi connectivity index (χ0) is 27.9. The molecule has 0 bridgehead atoms. The summed E-state index contributed by atoms with van der Waals surface area (Å²) in [5.74, 6) is 2.56. The van der Waals surface area contributed by atoms with Crippen LogP contribution in [0.3, 0.4) is 0 Å². The predicted octanol–water partition coefficient (Wildman–Crippen LogP) is 5.26. The monoisotopic (exact) mass is 561 g/mol. The number of fused-ring (bicyclic) bond motifs is 1. The van der Waals surface area contributed by atoms with E-state index in [1.807, 2.05) is 38.1 Å². The molecule has 40 heavy (non-hydrogen) atoms. The van der Waals surface area contributed by atoms with Crippen molar-refractivity contribution in [3.63, 3.8) is 0 Å². The van der Waals surface area contributed by atoms with Crippen LogP contribution in [-0.2, 0) is 16.8 Å². The number of amides is 1. The van der Waals surface area contributed by atoms with Gasteiger partial charge in [-0.1, -0.05) is 23.7 Å². The number of ether oxygens (including phenoxy) is 1. The number of anilines is 5. The Kier molecular flexibility index (Phi) is 7.18. The van der Waals surface area contributed by atoms with E-state index in [1.165, 1.54) is 19.4 Å². The van der Waals surface area contributed by atoms with Crippen LogP contribution in [0.1, 0.15) is 37.8 Å². The van der Waals surface area contributed by atoms with Crippen LogP contribution in [0.25, 0.3) is 0 Å². The molecule has 1 saturated carbocycles. The zero-order valence-corrected chi connectivity index (χ0v) is 24.0. The first-order valence-corrected chi connectivity index (χ1v) is 14.3. The summed E-state index contributed by atoms with van der Waals surface area (Å²) in [6.45, 7) is 9.82. The minimum atomic E-state index is -0.608. The number of aromatic nitrogens is 2. The molecule has 210 valence electrons. The Morgan fingerprint density at radius 3 is 2.70 bits per heavy atom. The topological polar surface area (TPSA) is 94.7 Å². The lowest BCUT2D eigenvalue weighted by atomic mass is 9.83. The van der Waals surface area contributed by atoms with E-state index in [4.69, 9.17) is 16.3 Å². The van der Waals surface area contributed by atoms with Crippen LogP contribution < -0.4 is 25.6 Å². The highest BCUT2D eigenvalue weighted by Crippen LogP contribution is 2.40. The van der Waals surface area contributed by atoms with Gasteiger partial charge in [-0.25, -0.2) is 4.98 Å². The third kappa shape index (κ3) is 5.40. The third-order valence-corrected chi connectivity index (χ3v) is 8.44. The number of methoxy groups -OCH3 is 1. The molecule has 3 aromatic rings. The maximum atomic E-state index is 12.5. The summed E-state index contributed by atoms with van der Waals surface area (Å²) in [6, 6.07) is 12.1. The SMILES string of the molecule is COc1cc(N2CCN(CC3CC3)CC2)ccc1Nc1ncc(Cl)c(NCc2cccc3c2C(C)(C)C(=O)N3)n1. The van der Waals surface area contributed by atoms with Gasteiger partial charge in [-0.15, -0.1) is 0 Å². The number of hydrogen-bond acceptors (Lipinski definition) is 8. The molecule has 3 heterocycles. The van der Waals surface area contributed by atoms with E-state index in [9.17, 15) is 4.79 Å². The molecule has 3 N–H and O–H groups in total. The van der Waals surface area contributed by atoms with Crippen LogP contribution in [0.2, 0.25) is 5.02 Å². The molecule has 9 nitrogen and oxygen atoms in total. The maximum absolute atomic E-state index is 12.5. The lowest BCUT2D eigenvalue weighted by Crippen LogP contribution is -2.47. The van der Waals surface area contributed by atoms with Crippen LogP contribution in [0, 0.1) is 5.92 Å². The minimum absolute atomic E-state index is 0.00249. The van der Waals surface area contributed by atoms with Gasteiger partial charge < -0.3 is 25.6 Å². The third-order valence-electron chi connectivity index (χ3n) is 8.16. The Morgan fingerprint density at radius 2 is 1.95 bits per heavy atom. The van der Waals surface area contributed by atoms with Crippen molar-refractivity contribution in [2.24, 2.45) is 5.92 Å². The van der Waals surface area contributed by atoms with Crippen molar-refractivity contribution in [1.82, 2.24) is 14.9 Å². The van der Waals surface area contributed by atoms with Crippen molar-refractivity contribution >= 4 is 46.3 Å². The lowest BCUT2D eigenvalue weighted by Gasteiger charge is -2.36. The van der Waals surface area contributed by atoms with E-state index in [2.05, 4.69) is 47.9 Å². The second kappa shape index (κ2) is 10.8. The largest absolute Gasteiger partial charge is 0.494 e. The Balaban J connectivity index is 1.14. The fourth-order valence-electron chi connectivity index (χ4n) is 5.67. The number of piperazine rings is 1. The number of carbonyl (C=O) groups excluding carboxylic acids is 1. The molecule has 6 rings (SSSR count). The van der Waals surface area contributed by atoms with Crippen molar-refractivity contribution < 1.29 is 9.53 Å². The van der Waals surface area contributed by atoms with E-state index in [1.54, 1.807) is 13.3 Å². The smallest absolute Gasteiger partial charge is 0.234 e. The van der Waals surface area contributed by atoms with Gasteiger partial charge in [0.15, 0.2) is 5.82 Å². The fourth-order valence-corrected chi connectivity index (χ4v) is 5.82. The molecular weight excluding hydrogens is 526 g/mol. The molecule has 2 aliphatic heterocycles. The quantitative estimate of drug-likeness (QED) is 0.326. The van der Waals surface area contributed by atoms with Gasteiger partial charge in [0.05, 0.1) is 24.4 Å². The van der Waals surface area contributed by atoms with E-state index in [0.29, 0.717) is 23.3 Å². The molecule has 0 atom stereocenters. The van der Waals surface area contributed by atoms with Crippen LogP contribution in [0.4, 0.5) is 28.8 Å². The van der Waals surface area contributed by atoms with Gasteiger partial charge in [0.2, 0.25) is 11.9 Å². The number of nitrogens with one attached hydrogen (secondary N) is 3. The highest BCUT2D eigenvalue weighted by molar-refractivity contribution is 6.32. The molecule has 10 heteroatoms. The molecule has 2 fully saturated rings. The summed E-state index contributed by atoms with van der Waals surface area (Å²) >= 11 is 6.45. The summed E-state index contributed by atoms with van der Waals surface area (Å²) in [7, 11) is 1.67. The molecule has 0 unspecified atom stereocenters. The second-order valence-corrected chi connectivity index (χ2v) is 11.8. The van der Waals surface area contributed by atoms with Crippen molar-refractivity contribution in [2.45, 2.75) is 38.6 Å². The van der Waals surface area contributed by atoms with Crippen molar-refractivity contribution in [3.05, 3.63) is 58.7 Å². The van der Waals surface area contributed by atoms with E-state index in [0.717, 1.165) is 66.0 Å². The number of benzene rings is 2. The molecule has 0 radical (unpaired) electrons. The molecule has 1 amide bonds. The van der Waals surface area contributed by atoms with Gasteiger partial charge >= 0.3 is 0 Å². The van der Waals surface area contributed by atoms with Gasteiger partial charge in [0, 0.05) is 56.7 Å². The number of hydrogen-bond donors (Lipinski definition) is 3. The first-order valence-electron chi connectivity index (χ1n) is 13.9. The number of nitrogens with zero attached hydrogens (tertiary/aromatic N) is 4. The van der Waals surface area contributed by atoms with Gasteiger partial charge in [-0.05, 0) is 61.9 Å². The molecular formula is C30H36ClN7O2. The highest BCUT2D eigenvalue weighted by Gasteiger charge is 2.40. The molecule has 0 spiro atoms. The second-order valence-electron chi connectivity index (χ2n) is 11.4. The Hall–Kier alpha value is -3.56. The van der Waals surface area contributed by atoms with Crippen LogP contribution >= 0.6 is 11.6 Å². The van der Waals surface area contributed by atoms with Crippen LogP contribution in [-0.4, -0.2) is 60.6 Å². The summed E-state index contributed by atoms with van der Waals surface area (Å²) in [5.41, 5.74) is 4.17. The van der Waals surface area contributed by atoms with Gasteiger partial charge in [0.1, 0.15) is 10.8 Å². The van der Waals surface area contributed by atoms with Crippen molar-refractivity contribution in [1.29, 1.82) is 0 Å². The van der Waals surface area contributed by atoms with Crippen molar-refractivity contribution in [2.75, 3.05) is 60.7 Å². The number of halogens is 1. The first-order chi connectivity index (χ1) is 19.3. The number of rotatable bonds is 9. The van der Waals surface area contributed by atoms with Gasteiger partial charge in [0.25, 0.3) is 0 Å². The summed E-state index contributed by atoms with van der Waals surface area (Å²) in [4.78, 5) is 26.5.